The first-order valence-corrected chi connectivity index (χ1v) is 10.8. The molecule has 0 saturated heterocycles. The summed E-state index contributed by atoms with van der Waals surface area (Å²) in [5.74, 6) is -2.68. The molecule has 0 unspecified atom stereocenters. The first-order valence-electron chi connectivity index (χ1n) is 9.97. The first-order chi connectivity index (χ1) is 15.5. The lowest BCUT2D eigenvalue weighted by Gasteiger charge is -2.14. The van der Waals surface area contributed by atoms with Crippen molar-refractivity contribution in [1.82, 2.24) is 14.9 Å². The van der Waals surface area contributed by atoms with Gasteiger partial charge in [0, 0.05) is 31.0 Å². The number of amides is 1. The Kier molecular flexibility index (Phi) is 5.24. The van der Waals surface area contributed by atoms with E-state index in [4.69, 9.17) is 0 Å². The number of hydrogen-bond acceptors (Lipinski definition) is 5. The summed E-state index contributed by atoms with van der Waals surface area (Å²) in [5, 5.41) is 2.87. The molecule has 4 aromatic rings. The number of fused-ring (bicyclic) bond motifs is 3. The normalized spacial score (nSPS) is 13.2. The molecule has 1 amide bonds. The Morgan fingerprint density at radius 1 is 1.06 bits per heavy atom. The Morgan fingerprint density at radius 3 is 2.62 bits per heavy atom. The molecule has 0 bridgehead atoms. The lowest BCUT2D eigenvalue weighted by atomic mass is 9.99. The van der Waals surface area contributed by atoms with Gasteiger partial charge in [0.25, 0.3) is 5.91 Å². The molecule has 8 heteroatoms. The van der Waals surface area contributed by atoms with Crippen molar-refractivity contribution in [2.45, 2.75) is 13.1 Å². The maximum Gasteiger partial charge on any atom is 0.263 e. The number of nitrogens with zero attached hydrogens (tertiary/aromatic N) is 3. The maximum absolute atomic E-state index is 14.0. The van der Waals surface area contributed by atoms with Crippen molar-refractivity contribution >= 4 is 22.4 Å². The molecule has 2 aromatic heterocycles. The van der Waals surface area contributed by atoms with Gasteiger partial charge in [-0.2, -0.15) is 0 Å². The SMILES string of the molecule is CN1Cc2ccc(-c3cccnc3)cc2-c2sc(NC(=O)c3c(F)cccc3F)nc2C1. The van der Waals surface area contributed by atoms with Crippen LogP contribution >= 0.6 is 11.3 Å². The van der Waals surface area contributed by atoms with Crippen LogP contribution in [0.3, 0.4) is 0 Å². The van der Waals surface area contributed by atoms with Gasteiger partial charge in [-0.1, -0.05) is 35.6 Å². The topological polar surface area (TPSA) is 58.1 Å². The van der Waals surface area contributed by atoms with Crippen molar-refractivity contribution in [2.24, 2.45) is 0 Å². The molecule has 0 radical (unpaired) electrons. The molecule has 1 aliphatic heterocycles. The molecule has 0 atom stereocenters. The van der Waals surface area contributed by atoms with Crippen molar-refractivity contribution in [3.8, 4) is 21.6 Å². The van der Waals surface area contributed by atoms with Crippen molar-refractivity contribution in [2.75, 3.05) is 12.4 Å². The molecule has 5 rings (SSSR count). The van der Waals surface area contributed by atoms with Gasteiger partial charge in [0.1, 0.15) is 17.2 Å². The van der Waals surface area contributed by atoms with Crippen LogP contribution in [0.15, 0.2) is 60.9 Å². The van der Waals surface area contributed by atoms with Gasteiger partial charge in [0.05, 0.1) is 10.6 Å². The van der Waals surface area contributed by atoms with E-state index < -0.39 is 23.1 Å². The van der Waals surface area contributed by atoms with E-state index in [1.54, 1.807) is 6.20 Å². The highest BCUT2D eigenvalue weighted by Gasteiger charge is 2.24. The second kappa shape index (κ2) is 8.22. The Bertz CT molecular complexity index is 1300. The quantitative estimate of drug-likeness (QED) is 0.459. The fourth-order valence-electron chi connectivity index (χ4n) is 3.84. The third-order valence-electron chi connectivity index (χ3n) is 5.32. The highest BCUT2D eigenvalue weighted by molar-refractivity contribution is 7.19. The van der Waals surface area contributed by atoms with Crippen LogP contribution in [-0.2, 0) is 13.1 Å². The zero-order chi connectivity index (χ0) is 22.2. The van der Waals surface area contributed by atoms with Gasteiger partial charge in [0.2, 0.25) is 0 Å². The molecule has 0 aliphatic carbocycles. The minimum Gasteiger partial charge on any atom is -0.298 e. The van der Waals surface area contributed by atoms with E-state index in [0.29, 0.717) is 11.7 Å². The van der Waals surface area contributed by atoms with Crippen LogP contribution in [-0.4, -0.2) is 27.8 Å². The Labute approximate surface area is 187 Å². The zero-order valence-corrected chi connectivity index (χ0v) is 17.9. The highest BCUT2D eigenvalue weighted by atomic mass is 32.1. The van der Waals surface area contributed by atoms with Crippen molar-refractivity contribution in [3.63, 3.8) is 0 Å². The molecule has 2 aromatic carbocycles. The fourth-order valence-corrected chi connectivity index (χ4v) is 4.86. The van der Waals surface area contributed by atoms with Gasteiger partial charge < -0.3 is 0 Å². The number of carbonyl (C=O) groups excluding carboxylic acids is 1. The van der Waals surface area contributed by atoms with Crippen LogP contribution in [0.4, 0.5) is 13.9 Å². The Hall–Kier alpha value is -3.49. The second-order valence-corrected chi connectivity index (χ2v) is 8.63. The van der Waals surface area contributed by atoms with Crippen LogP contribution in [0.2, 0.25) is 0 Å². The van der Waals surface area contributed by atoms with Gasteiger partial charge in [0.15, 0.2) is 5.13 Å². The summed E-state index contributed by atoms with van der Waals surface area (Å²) < 4.78 is 28.0. The number of thiazole rings is 1. The predicted molar refractivity (Wildman–Crippen MR) is 120 cm³/mol. The monoisotopic (exact) mass is 448 g/mol. The smallest absolute Gasteiger partial charge is 0.263 e. The molecule has 0 spiro atoms. The van der Waals surface area contributed by atoms with E-state index in [-0.39, 0.29) is 0 Å². The van der Waals surface area contributed by atoms with Gasteiger partial charge in [-0.3, -0.25) is 20.0 Å². The van der Waals surface area contributed by atoms with Crippen LogP contribution in [0.25, 0.3) is 21.6 Å². The average molecular weight is 448 g/mol. The zero-order valence-electron chi connectivity index (χ0n) is 17.1. The number of carbonyl (C=O) groups is 1. The Balaban J connectivity index is 1.54. The largest absolute Gasteiger partial charge is 0.298 e. The lowest BCUT2D eigenvalue weighted by molar-refractivity contribution is 0.101. The van der Waals surface area contributed by atoms with Crippen LogP contribution in [0.1, 0.15) is 21.6 Å². The van der Waals surface area contributed by atoms with Crippen LogP contribution in [0.5, 0.6) is 0 Å². The molecule has 5 nitrogen and oxygen atoms in total. The Morgan fingerprint density at radius 2 is 1.88 bits per heavy atom. The molecule has 1 N–H and O–H groups in total. The van der Waals surface area contributed by atoms with Crippen LogP contribution < -0.4 is 5.32 Å². The number of nitrogens with one attached hydrogen (secondary N) is 1. The number of benzene rings is 2. The molecule has 32 heavy (non-hydrogen) atoms. The maximum atomic E-state index is 14.0. The number of aromatic nitrogens is 2. The molecule has 0 saturated carbocycles. The van der Waals surface area contributed by atoms with E-state index in [9.17, 15) is 13.6 Å². The lowest BCUT2D eigenvalue weighted by Crippen LogP contribution is -2.17. The van der Waals surface area contributed by atoms with Gasteiger partial charge >= 0.3 is 0 Å². The molecule has 0 fully saturated rings. The minimum absolute atomic E-state index is 0.302. The molecular formula is C24H18F2N4OS. The highest BCUT2D eigenvalue weighted by Crippen LogP contribution is 2.40. The first kappa shape index (κ1) is 20.4. The number of rotatable bonds is 3. The van der Waals surface area contributed by atoms with E-state index in [0.717, 1.165) is 51.5 Å². The number of pyridine rings is 1. The predicted octanol–water partition coefficient (Wildman–Crippen LogP) is 5.35. The second-order valence-electron chi connectivity index (χ2n) is 7.63. The minimum atomic E-state index is -0.910. The summed E-state index contributed by atoms with van der Waals surface area (Å²) in [5.41, 5.74) is 4.39. The summed E-state index contributed by atoms with van der Waals surface area (Å²) >= 11 is 1.30. The van der Waals surface area contributed by atoms with Crippen molar-refractivity contribution in [3.05, 3.63) is 89.4 Å². The van der Waals surface area contributed by atoms with E-state index >= 15 is 0 Å². The molecule has 160 valence electrons. The summed E-state index contributed by atoms with van der Waals surface area (Å²) in [4.78, 5) is 24.4. The van der Waals surface area contributed by atoms with Gasteiger partial charge in [-0.15, -0.1) is 0 Å². The molecular weight excluding hydrogens is 430 g/mol. The van der Waals surface area contributed by atoms with E-state index in [1.807, 2.05) is 25.4 Å². The third-order valence-corrected chi connectivity index (χ3v) is 6.36. The summed E-state index contributed by atoms with van der Waals surface area (Å²) in [6, 6.07) is 13.5. The number of halogens is 2. The molecule has 1 aliphatic rings. The molecule has 3 heterocycles. The van der Waals surface area contributed by atoms with E-state index in [1.165, 1.54) is 17.4 Å². The number of anilines is 1. The fraction of sp³-hybridized carbons (Fsp3) is 0.125. The van der Waals surface area contributed by atoms with Crippen molar-refractivity contribution in [1.29, 1.82) is 0 Å². The summed E-state index contributed by atoms with van der Waals surface area (Å²) in [6.07, 6.45) is 3.54. The van der Waals surface area contributed by atoms with Gasteiger partial charge in [-0.25, -0.2) is 13.8 Å². The summed E-state index contributed by atoms with van der Waals surface area (Å²) in [6.45, 7) is 1.35. The van der Waals surface area contributed by atoms with E-state index in [2.05, 4.69) is 38.4 Å². The summed E-state index contributed by atoms with van der Waals surface area (Å²) in [7, 11) is 2.00. The van der Waals surface area contributed by atoms with Crippen molar-refractivity contribution < 1.29 is 13.6 Å². The number of hydrogen-bond donors (Lipinski definition) is 1. The third kappa shape index (κ3) is 3.79. The van der Waals surface area contributed by atoms with Gasteiger partial charge in [-0.05, 0) is 48.0 Å². The van der Waals surface area contributed by atoms with Crippen LogP contribution in [0, 0.1) is 11.6 Å². The standard InChI is InChI=1S/C24H18F2N4OS/c1-30-12-16-8-7-14(15-4-3-9-27-11-15)10-17(16)22-20(13-30)28-24(32-22)29-23(31)21-18(25)5-2-6-19(21)26/h2-11H,12-13H2,1H3,(H,28,29,31). The average Bonchev–Trinajstić information content (AvgIpc) is 3.10.